The average molecular weight is 869 g/mol. The van der Waals surface area contributed by atoms with Crippen LogP contribution in [0, 0.1) is 0 Å². The molecule has 3 unspecified atom stereocenters. The second-order valence-corrected chi connectivity index (χ2v) is 18.7. The quantitative estimate of drug-likeness (QED) is 0.111. The van der Waals surface area contributed by atoms with E-state index in [1.165, 1.54) is 87.9 Å². The Morgan fingerprint density at radius 3 is 1.87 bits per heavy atom. The van der Waals surface area contributed by atoms with Crippen molar-refractivity contribution >= 4 is 77.1 Å². The summed E-state index contributed by atoms with van der Waals surface area (Å²) in [6, 6.07) is 89.8. The summed E-state index contributed by atoms with van der Waals surface area (Å²) in [5.74, 6) is -0.0297. The van der Waals surface area contributed by atoms with Crippen molar-refractivity contribution in [2.45, 2.75) is 24.3 Å². The third kappa shape index (κ3) is 6.71. The van der Waals surface area contributed by atoms with Gasteiger partial charge in [0.1, 0.15) is 0 Å². The SMILES string of the molecule is CC12C=C(c3cc(C(c4ccccc4)c4ccc5ccccc5c4)cc(N(c4ccccc4)c4ccc5ccccc5c4)c3)C=CC1N(c1ccc3c(ccc4ccccc43)c1)c1ccccc12. The molecule has 13 rings (SSSR count). The summed E-state index contributed by atoms with van der Waals surface area (Å²) in [6.45, 7) is 2.44. The van der Waals surface area contributed by atoms with Gasteiger partial charge < -0.3 is 9.80 Å². The van der Waals surface area contributed by atoms with Gasteiger partial charge in [-0.3, -0.25) is 0 Å². The zero-order chi connectivity index (χ0) is 45.2. The summed E-state index contributed by atoms with van der Waals surface area (Å²) in [6.07, 6.45) is 7.41. The number of para-hydroxylation sites is 2. The van der Waals surface area contributed by atoms with E-state index < -0.39 is 0 Å². The Balaban J connectivity index is 1.00. The molecule has 0 spiro atoms. The molecule has 0 radical (unpaired) electrons. The fourth-order valence-electron chi connectivity index (χ4n) is 11.4. The van der Waals surface area contributed by atoms with Crippen molar-refractivity contribution in [3.63, 3.8) is 0 Å². The first-order valence-electron chi connectivity index (χ1n) is 23.8. The average Bonchev–Trinajstić information content (AvgIpc) is 3.66. The first kappa shape index (κ1) is 39.9. The van der Waals surface area contributed by atoms with Crippen molar-refractivity contribution in [3.8, 4) is 0 Å². The molecule has 0 saturated heterocycles. The number of nitrogens with zero attached hydrogens (tertiary/aromatic N) is 2. The van der Waals surface area contributed by atoms with Crippen LogP contribution in [0.5, 0.6) is 0 Å². The minimum absolute atomic E-state index is 0.0297. The molecule has 0 N–H and O–H groups in total. The van der Waals surface area contributed by atoms with Crippen molar-refractivity contribution in [1.29, 1.82) is 0 Å². The van der Waals surface area contributed by atoms with E-state index in [4.69, 9.17) is 0 Å². The van der Waals surface area contributed by atoms with E-state index in [-0.39, 0.29) is 17.4 Å². The normalized spacial score (nSPS) is 16.8. The Hall–Kier alpha value is -8.46. The Labute approximate surface area is 398 Å². The first-order valence-corrected chi connectivity index (χ1v) is 23.8. The predicted molar refractivity (Wildman–Crippen MR) is 288 cm³/mol. The molecule has 11 aromatic rings. The fourth-order valence-corrected chi connectivity index (χ4v) is 11.4. The maximum absolute atomic E-state index is 2.57. The molecule has 322 valence electrons. The van der Waals surface area contributed by atoms with Crippen LogP contribution >= 0.6 is 0 Å². The third-order valence-corrected chi connectivity index (χ3v) is 14.7. The summed E-state index contributed by atoms with van der Waals surface area (Å²) >= 11 is 0. The lowest BCUT2D eigenvalue weighted by molar-refractivity contribution is 0.553. The maximum Gasteiger partial charge on any atom is 0.0655 e. The van der Waals surface area contributed by atoms with E-state index in [9.17, 15) is 0 Å². The summed E-state index contributed by atoms with van der Waals surface area (Å²) in [5, 5.41) is 10.0. The lowest BCUT2D eigenvalue weighted by Crippen LogP contribution is -2.39. The molecule has 68 heavy (non-hydrogen) atoms. The van der Waals surface area contributed by atoms with Gasteiger partial charge in [0, 0.05) is 39.8 Å². The molecular weight excluding hydrogens is 821 g/mol. The molecule has 2 nitrogen and oxygen atoms in total. The van der Waals surface area contributed by atoms with Crippen LogP contribution in [0.15, 0.2) is 261 Å². The highest BCUT2D eigenvalue weighted by Crippen LogP contribution is 2.54. The molecule has 1 aliphatic heterocycles. The Morgan fingerprint density at radius 1 is 0.426 bits per heavy atom. The van der Waals surface area contributed by atoms with Gasteiger partial charge in [-0.2, -0.15) is 0 Å². The number of fused-ring (bicyclic) bond motifs is 8. The highest BCUT2D eigenvalue weighted by molar-refractivity contribution is 6.08. The van der Waals surface area contributed by atoms with Gasteiger partial charge in [0.05, 0.1) is 6.04 Å². The van der Waals surface area contributed by atoms with Gasteiger partial charge in [-0.05, 0) is 138 Å². The Morgan fingerprint density at radius 2 is 1.06 bits per heavy atom. The predicted octanol–water partition coefficient (Wildman–Crippen LogP) is 17.4. The molecule has 1 aliphatic carbocycles. The van der Waals surface area contributed by atoms with E-state index in [0.29, 0.717) is 0 Å². The van der Waals surface area contributed by atoms with E-state index in [1.54, 1.807) is 0 Å². The smallest absolute Gasteiger partial charge is 0.0655 e. The zero-order valence-corrected chi connectivity index (χ0v) is 37.9. The Bertz CT molecular complexity index is 3650. The van der Waals surface area contributed by atoms with Crippen molar-refractivity contribution in [2.75, 3.05) is 9.80 Å². The highest BCUT2D eigenvalue weighted by atomic mass is 15.2. The summed E-state index contributed by atoms with van der Waals surface area (Å²) in [7, 11) is 0. The van der Waals surface area contributed by atoms with E-state index in [1.807, 2.05) is 0 Å². The largest absolute Gasteiger partial charge is 0.333 e. The van der Waals surface area contributed by atoms with E-state index >= 15 is 0 Å². The van der Waals surface area contributed by atoms with Gasteiger partial charge in [0.15, 0.2) is 0 Å². The number of rotatable bonds is 8. The van der Waals surface area contributed by atoms with Gasteiger partial charge in [0.2, 0.25) is 0 Å². The molecule has 11 aromatic carbocycles. The maximum atomic E-state index is 2.57. The van der Waals surface area contributed by atoms with Gasteiger partial charge in [0.25, 0.3) is 0 Å². The molecule has 0 saturated carbocycles. The Kier molecular flexibility index (Phi) is 9.47. The van der Waals surface area contributed by atoms with Crippen molar-refractivity contribution in [3.05, 3.63) is 289 Å². The lowest BCUT2D eigenvalue weighted by Gasteiger charge is -2.36. The number of hydrogen-bond donors (Lipinski definition) is 0. The summed E-state index contributed by atoms with van der Waals surface area (Å²) in [5.41, 5.74) is 13.0. The van der Waals surface area contributed by atoms with Gasteiger partial charge in [-0.25, -0.2) is 0 Å². The second kappa shape index (κ2) is 16.2. The molecule has 0 amide bonds. The molecular formula is C66H48N2. The lowest BCUT2D eigenvalue weighted by atomic mass is 9.73. The minimum atomic E-state index is -0.316. The van der Waals surface area contributed by atoms with Crippen molar-refractivity contribution < 1.29 is 0 Å². The van der Waals surface area contributed by atoms with Crippen LogP contribution in [0.3, 0.4) is 0 Å². The molecule has 3 atom stereocenters. The van der Waals surface area contributed by atoms with E-state index in [0.717, 1.165) is 17.1 Å². The number of anilines is 5. The zero-order valence-electron chi connectivity index (χ0n) is 37.9. The second-order valence-electron chi connectivity index (χ2n) is 18.7. The number of allylic oxidation sites excluding steroid dienone is 2. The molecule has 0 fully saturated rings. The van der Waals surface area contributed by atoms with Crippen LogP contribution in [0.25, 0.3) is 48.7 Å². The van der Waals surface area contributed by atoms with Gasteiger partial charge >= 0.3 is 0 Å². The third-order valence-electron chi connectivity index (χ3n) is 14.7. The van der Waals surface area contributed by atoms with Gasteiger partial charge in [-0.15, -0.1) is 0 Å². The first-order chi connectivity index (χ1) is 33.6. The minimum Gasteiger partial charge on any atom is -0.333 e. The summed E-state index contributed by atoms with van der Waals surface area (Å²) < 4.78 is 0. The van der Waals surface area contributed by atoms with Crippen LogP contribution in [0.1, 0.15) is 40.7 Å². The van der Waals surface area contributed by atoms with E-state index in [2.05, 4.69) is 278 Å². The summed E-state index contributed by atoms with van der Waals surface area (Å²) in [4.78, 5) is 5.01. The fraction of sp³-hybridized carbons (Fsp3) is 0.0606. The number of benzene rings is 11. The van der Waals surface area contributed by atoms with Crippen molar-refractivity contribution in [2.24, 2.45) is 0 Å². The standard InChI is InChI=1S/C66H48N2/c1-66-44-53(33-37-64(66)68(63-27-15-14-26-62(63)66)58-35-36-61-51(41-58)30-29-47-18-12-13-25-60(47)61)54-39-55(65(48-19-4-2-5-20-48)52-31-28-45-16-8-10-21-49(45)38-52)43-59(42-54)67(56-23-6-3-7-24-56)57-34-32-46-17-9-11-22-50(46)40-57/h2-44,64-65H,1H3. The molecule has 1 heterocycles. The highest BCUT2D eigenvalue weighted by Gasteiger charge is 2.47. The van der Waals surface area contributed by atoms with Crippen molar-refractivity contribution in [1.82, 2.24) is 0 Å². The van der Waals surface area contributed by atoms with Gasteiger partial charge in [-0.1, -0.05) is 206 Å². The van der Waals surface area contributed by atoms with Crippen LogP contribution in [-0.4, -0.2) is 6.04 Å². The van der Waals surface area contributed by atoms with Crippen LogP contribution < -0.4 is 9.80 Å². The number of hydrogen-bond acceptors (Lipinski definition) is 2. The molecule has 2 heteroatoms. The molecule has 0 bridgehead atoms. The molecule has 0 aromatic heterocycles. The topological polar surface area (TPSA) is 6.48 Å². The van der Waals surface area contributed by atoms with Crippen LogP contribution in [0.4, 0.5) is 28.4 Å². The van der Waals surface area contributed by atoms with Crippen LogP contribution in [-0.2, 0) is 5.41 Å². The monoisotopic (exact) mass is 868 g/mol. The van der Waals surface area contributed by atoms with Crippen LogP contribution in [0.2, 0.25) is 0 Å². The molecule has 2 aliphatic rings.